The number of methoxy groups -OCH3 is 1. The molecule has 1 aliphatic heterocycles. The second-order valence-electron chi connectivity index (χ2n) is 5.51. The fraction of sp³-hybridized carbons (Fsp3) is 0.167. The van der Waals surface area contributed by atoms with Crippen LogP contribution in [0.4, 0.5) is 11.4 Å². The first-order valence-corrected chi connectivity index (χ1v) is 8.70. The number of ether oxygens (including phenoxy) is 1. The van der Waals surface area contributed by atoms with Crippen LogP contribution >= 0.6 is 11.8 Å². The molecule has 0 bridgehead atoms. The standard InChI is InChI=1S/C18H17N3O4S/c1-25-14-8-4-11(5-9-14)19-16(23)10-15-17(24)21-18(26-15)20-12-2-6-13(22)7-3-12/h2-9,15,22H,10H2,1H3,(H,19,23)(H,20,21,24). The highest BCUT2D eigenvalue weighted by Crippen LogP contribution is 2.26. The molecule has 1 heterocycles. The Morgan fingerprint density at radius 2 is 1.92 bits per heavy atom. The smallest absolute Gasteiger partial charge is 0.240 e. The van der Waals surface area contributed by atoms with Gasteiger partial charge >= 0.3 is 0 Å². The summed E-state index contributed by atoms with van der Waals surface area (Å²) in [4.78, 5) is 28.5. The topological polar surface area (TPSA) is 100 Å². The van der Waals surface area contributed by atoms with Crippen molar-refractivity contribution < 1.29 is 19.4 Å². The van der Waals surface area contributed by atoms with Gasteiger partial charge in [-0.3, -0.25) is 9.59 Å². The number of aliphatic imine (C=N–C) groups is 1. The summed E-state index contributed by atoms with van der Waals surface area (Å²) < 4.78 is 5.07. The highest BCUT2D eigenvalue weighted by atomic mass is 32.2. The monoisotopic (exact) mass is 371 g/mol. The third kappa shape index (κ3) is 4.54. The number of carbonyl (C=O) groups excluding carboxylic acids is 2. The molecule has 2 amide bonds. The van der Waals surface area contributed by atoms with Crippen LogP contribution in [0.2, 0.25) is 0 Å². The van der Waals surface area contributed by atoms with Crippen molar-refractivity contribution in [3.8, 4) is 11.5 Å². The zero-order chi connectivity index (χ0) is 18.5. The molecular formula is C18H17N3O4S. The first-order valence-electron chi connectivity index (χ1n) is 7.82. The molecule has 2 aromatic rings. The second kappa shape index (κ2) is 7.92. The maximum Gasteiger partial charge on any atom is 0.240 e. The van der Waals surface area contributed by atoms with Gasteiger partial charge in [-0.05, 0) is 48.5 Å². The number of hydrogen-bond donors (Lipinski definition) is 3. The molecule has 1 saturated heterocycles. The molecule has 0 radical (unpaired) electrons. The summed E-state index contributed by atoms with van der Waals surface area (Å²) in [6, 6.07) is 13.3. The summed E-state index contributed by atoms with van der Waals surface area (Å²) in [5.74, 6) is 0.333. The Morgan fingerprint density at radius 1 is 1.23 bits per heavy atom. The second-order valence-corrected chi connectivity index (χ2v) is 6.70. The Labute approximate surface area is 154 Å². The van der Waals surface area contributed by atoms with Gasteiger partial charge in [0.15, 0.2) is 5.17 Å². The van der Waals surface area contributed by atoms with E-state index in [2.05, 4.69) is 15.6 Å². The van der Waals surface area contributed by atoms with Gasteiger partial charge in [-0.2, -0.15) is 0 Å². The first kappa shape index (κ1) is 17.8. The summed E-state index contributed by atoms with van der Waals surface area (Å²) in [5.41, 5.74) is 1.24. The molecule has 3 rings (SSSR count). The molecular weight excluding hydrogens is 354 g/mol. The van der Waals surface area contributed by atoms with Crippen molar-refractivity contribution in [2.24, 2.45) is 4.99 Å². The Bertz CT molecular complexity index is 835. The van der Waals surface area contributed by atoms with Gasteiger partial charge in [0.05, 0.1) is 12.8 Å². The minimum absolute atomic E-state index is 0.0388. The van der Waals surface area contributed by atoms with E-state index in [1.807, 2.05) is 0 Å². The van der Waals surface area contributed by atoms with Gasteiger partial charge in [-0.25, -0.2) is 4.99 Å². The normalized spacial score (nSPS) is 17.8. The van der Waals surface area contributed by atoms with Gasteiger partial charge in [0.2, 0.25) is 11.8 Å². The Balaban J connectivity index is 1.58. The number of carbonyl (C=O) groups is 2. The Kier molecular flexibility index (Phi) is 5.43. The van der Waals surface area contributed by atoms with E-state index in [9.17, 15) is 14.7 Å². The number of amidine groups is 1. The average Bonchev–Trinajstić information content (AvgIpc) is 2.96. The molecule has 134 valence electrons. The molecule has 2 aromatic carbocycles. The quantitative estimate of drug-likeness (QED) is 0.750. The fourth-order valence-electron chi connectivity index (χ4n) is 2.29. The molecule has 26 heavy (non-hydrogen) atoms. The van der Waals surface area contributed by atoms with Gasteiger partial charge in [0.25, 0.3) is 0 Å². The number of anilines is 1. The third-order valence-corrected chi connectivity index (χ3v) is 4.68. The van der Waals surface area contributed by atoms with Gasteiger partial charge in [-0.1, -0.05) is 11.8 Å². The van der Waals surface area contributed by atoms with Crippen LogP contribution in [0.5, 0.6) is 11.5 Å². The predicted molar refractivity (Wildman–Crippen MR) is 101 cm³/mol. The summed E-state index contributed by atoms with van der Waals surface area (Å²) in [6.07, 6.45) is 0.0388. The third-order valence-electron chi connectivity index (χ3n) is 3.60. The van der Waals surface area contributed by atoms with Crippen molar-refractivity contribution >= 4 is 40.1 Å². The lowest BCUT2D eigenvalue weighted by atomic mass is 10.2. The Morgan fingerprint density at radius 3 is 2.58 bits per heavy atom. The number of nitrogens with zero attached hydrogens (tertiary/aromatic N) is 1. The van der Waals surface area contributed by atoms with Crippen LogP contribution in [-0.4, -0.2) is 34.4 Å². The minimum Gasteiger partial charge on any atom is -0.508 e. The number of amides is 2. The molecule has 1 fully saturated rings. The van der Waals surface area contributed by atoms with Crippen molar-refractivity contribution in [3.05, 3.63) is 48.5 Å². The minimum atomic E-state index is -0.538. The van der Waals surface area contributed by atoms with Crippen molar-refractivity contribution in [1.29, 1.82) is 0 Å². The van der Waals surface area contributed by atoms with Crippen LogP contribution in [0.15, 0.2) is 53.5 Å². The van der Waals surface area contributed by atoms with Crippen LogP contribution in [0.25, 0.3) is 0 Å². The number of benzene rings is 2. The Hall–Kier alpha value is -3.00. The van der Waals surface area contributed by atoms with Gasteiger partial charge in [0, 0.05) is 12.1 Å². The van der Waals surface area contributed by atoms with E-state index in [4.69, 9.17) is 4.74 Å². The van der Waals surface area contributed by atoms with Crippen LogP contribution < -0.4 is 15.4 Å². The van der Waals surface area contributed by atoms with Crippen molar-refractivity contribution in [2.45, 2.75) is 11.7 Å². The molecule has 0 spiro atoms. The predicted octanol–water partition coefficient (Wildman–Crippen LogP) is 2.65. The van der Waals surface area contributed by atoms with E-state index in [1.54, 1.807) is 43.5 Å². The number of phenols is 1. The van der Waals surface area contributed by atoms with Crippen LogP contribution in [-0.2, 0) is 9.59 Å². The lowest BCUT2D eigenvalue weighted by molar-refractivity contribution is -0.122. The highest BCUT2D eigenvalue weighted by molar-refractivity contribution is 8.15. The number of thioether (sulfide) groups is 1. The van der Waals surface area contributed by atoms with E-state index >= 15 is 0 Å². The largest absolute Gasteiger partial charge is 0.508 e. The van der Waals surface area contributed by atoms with E-state index < -0.39 is 5.25 Å². The zero-order valence-corrected chi connectivity index (χ0v) is 14.7. The molecule has 0 saturated carbocycles. The fourth-order valence-corrected chi connectivity index (χ4v) is 3.28. The van der Waals surface area contributed by atoms with E-state index in [1.165, 1.54) is 23.9 Å². The van der Waals surface area contributed by atoms with Gasteiger partial charge < -0.3 is 20.5 Å². The summed E-state index contributed by atoms with van der Waals surface area (Å²) in [5, 5.41) is 14.6. The summed E-state index contributed by atoms with van der Waals surface area (Å²) >= 11 is 1.21. The van der Waals surface area contributed by atoms with E-state index in [-0.39, 0.29) is 24.0 Å². The number of aromatic hydroxyl groups is 1. The highest BCUT2D eigenvalue weighted by Gasteiger charge is 2.32. The van der Waals surface area contributed by atoms with Crippen molar-refractivity contribution in [1.82, 2.24) is 5.32 Å². The summed E-state index contributed by atoms with van der Waals surface area (Å²) in [7, 11) is 1.57. The molecule has 0 aliphatic carbocycles. The van der Waals surface area contributed by atoms with Crippen molar-refractivity contribution in [2.75, 3.05) is 12.4 Å². The van der Waals surface area contributed by atoms with Crippen LogP contribution in [0.3, 0.4) is 0 Å². The number of rotatable bonds is 5. The average molecular weight is 371 g/mol. The zero-order valence-electron chi connectivity index (χ0n) is 13.9. The SMILES string of the molecule is COc1ccc(NC(=O)CC2SC(=Nc3ccc(O)cc3)NC2=O)cc1. The molecule has 1 aliphatic rings. The first-order chi connectivity index (χ1) is 12.5. The van der Waals surface area contributed by atoms with Crippen LogP contribution in [0, 0.1) is 0 Å². The molecule has 8 heteroatoms. The van der Waals surface area contributed by atoms with Crippen molar-refractivity contribution in [3.63, 3.8) is 0 Å². The van der Waals surface area contributed by atoms with E-state index in [0.717, 1.165) is 0 Å². The molecule has 0 aromatic heterocycles. The molecule has 1 atom stereocenters. The molecule has 3 N–H and O–H groups in total. The van der Waals surface area contributed by atoms with E-state index in [0.29, 0.717) is 22.3 Å². The molecule has 7 nitrogen and oxygen atoms in total. The van der Waals surface area contributed by atoms with Gasteiger partial charge in [-0.15, -0.1) is 0 Å². The van der Waals surface area contributed by atoms with Crippen LogP contribution in [0.1, 0.15) is 6.42 Å². The molecule has 1 unspecified atom stereocenters. The number of phenolic OH excluding ortho intramolecular Hbond substituents is 1. The lowest BCUT2D eigenvalue weighted by Crippen LogP contribution is -2.28. The maximum atomic E-state index is 12.2. The van der Waals surface area contributed by atoms with Gasteiger partial charge in [0.1, 0.15) is 16.7 Å². The summed E-state index contributed by atoms with van der Waals surface area (Å²) in [6.45, 7) is 0. The maximum absolute atomic E-state index is 12.2. The lowest BCUT2D eigenvalue weighted by Gasteiger charge is -2.08. The number of hydrogen-bond acceptors (Lipinski definition) is 6. The number of nitrogens with one attached hydrogen (secondary N) is 2.